The van der Waals surface area contributed by atoms with E-state index < -0.39 is 6.10 Å². The molecule has 4 rings (SSSR count). The smallest absolute Gasteiger partial charge is 0.268 e. The van der Waals surface area contributed by atoms with Gasteiger partial charge in [0.2, 0.25) is 0 Å². The van der Waals surface area contributed by atoms with Crippen LogP contribution in [0.4, 0.5) is 4.39 Å². The van der Waals surface area contributed by atoms with Crippen LogP contribution in [-0.2, 0) is 0 Å². The van der Waals surface area contributed by atoms with Crippen LogP contribution in [0.2, 0.25) is 0 Å². The Kier molecular flexibility index (Phi) is 6.54. The van der Waals surface area contributed by atoms with Gasteiger partial charge in [-0.1, -0.05) is 30.3 Å². The van der Waals surface area contributed by atoms with E-state index >= 15 is 0 Å². The molecule has 0 spiro atoms. The van der Waals surface area contributed by atoms with Crippen LogP contribution in [0, 0.1) is 11.7 Å². The molecule has 2 aromatic carbocycles. The maximum Gasteiger partial charge on any atom is 0.268 e. The van der Waals surface area contributed by atoms with Gasteiger partial charge < -0.3 is 26.5 Å². The molecule has 0 unspecified atom stereocenters. The van der Waals surface area contributed by atoms with Crippen molar-refractivity contribution < 1.29 is 14.3 Å². The minimum absolute atomic E-state index is 0. The van der Waals surface area contributed by atoms with Crippen molar-refractivity contribution in [3.63, 3.8) is 0 Å². The van der Waals surface area contributed by atoms with E-state index in [1.54, 1.807) is 12.1 Å². The molecule has 1 aliphatic heterocycles. The fourth-order valence-electron chi connectivity index (χ4n) is 3.81. The van der Waals surface area contributed by atoms with E-state index in [0.29, 0.717) is 18.8 Å². The summed E-state index contributed by atoms with van der Waals surface area (Å²) in [7, 11) is 0. The van der Waals surface area contributed by atoms with Crippen molar-refractivity contribution in [2.24, 2.45) is 11.7 Å². The Bertz CT molecular complexity index is 992. The van der Waals surface area contributed by atoms with Crippen molar-refractivity contribution in [3.8, 4) is 11.1 Å². The highest BCUT2D eigenvalue weighted by Crippen LogP contribution is 2.32. The van der Waals surface area contributed by atoms with Crippen molar-refractivity contribution in [2.45, 2.75) is 12.1 Å². The molecule has 29 heavy (non-hydrogen) atoms. The van der Waals surface area contributed by atoms with Crippen LogP contribution >= 0.6 is 12.4 Å². The Morgan fingerprint density at radius 1 is 1.21 bits per heavy atom. The van der Waals surface area contributed by atoms with Crippen LogP contribution in [0.5, 0.6) is 0 Å². The summed E-state index contributed by atoms with van der Waals surface area (Å²) < 4.78 is 13.4. The van der Waals surface area contributed by atoms with Crippen molar-refractivity contribution in [1.82, 2.24) is 15.6 Å². The zero-order valence-electron chi connectivity index (χ0n) is 15.7. The standard InChI is InChI=1S/C21H23FN4O2.ClH/c22-14-7-5-12(6-8-14)18-15-3-1-2-4-16(15)26-19(18)21(28)25-11-17-20(27)13(9-23)10-24-17;/h1-8,13,17,20,24,26-27H,9-11,23H2,(H,25,28);1H/t13-,17+,20-;/m0./s1. The van der Waals surface area contributed by atoms with E-state index in [9.17, 15) is 14.3 Å². The van der Waals surface area contributed by atoms with E-state index in [4.69, 9.17) is 5.73 Å². The lowest BCUT2D eigenvalue weighted by Crippen LogP contribution is -2.43. The predicted octanol–water partition coefficient (Wildman–Crippen LogP) is 2.03. The van der Waals surface area contributed by atoms with Gasteiger partial charge in [0.15, 0.2) is 0 Å². The number of nitrogens with two attached hydrogens (primary N) is 1. The molecule has 1 amide bonds. The number of carbonyl (C=O) groups is 1. The van der Waals surface area contributed by atoms with Gasteiger partial charge in [-0.25, -0.2) is 4.39 Å². The number of aromatic amines is 1. The highest BCUT2D eigenvalue weighted by atomic mass is 35.5. The van der Waals surface area contributed by atoms with Crippen LogP contribution in [0.1, 0.15) is 10.5 Å². The number of benzene rings is 2. The van der Waals surface area contributed by atoms with E-state index in [0.717, 1.165) is 22.0 Å². The van der Waals surface area contributed by atoms with E-state index in [-0.39, 0.29) is 42.6 Å². The second kappa shape index (κ2) is 8.92. The molecule has 0 aliphatic carbocycles. The molecule has 2 heterocycles. The molecular formula is C21H24ClFN4O2. The Morgan fingerprint density at radius 3 is 2.62 bits per heavy atom. The Hall–Kier alpha value is -2.45. The second-order valence-corrected chi connectivity index (χ2v) is 7.14. The number of halogens is 2. The number of nitrogens with one attached hydrogen (secondary N) is 3. The summed E-state index contributed by atoms with van der Waals surface area (Å²) in [6.45, 7) is 1.31. The lowest BCUT2D eigenvalue weighted by atomic mass is 10.0. The van der Waals surface area contributed by atoms with Crippen molar-refractivity contribution in [1.29, 1.82) is 0 Å². The average Bonchev–Trinajstić information content (AvgIpc) is 3.27. The first-order chi connectivity index (χ1) is 13.6. The third-order valence-electron chi connectivity index (χ3n) is 5.39. The molecule has 1 saturated heterocycles. The number of aromatic nitrogens is 1. The summed E-state index contributed by atoms with van der Waals surface area (Å²) in [5, 5.41) is 17.2. The zero-order valence-corrected chi connectivity index (χ0v) is 16.5. The molecule has 0 radical (unpaired) electrons. The monoisotopic (exact) mass is 418 g/mol. The predicted molar refractivity (Wildman–Crippen MR) is 114 cm³/mol. The molecule has 8 heteroatoms. The highest BCUT2D eigenvalue weighted by Gasteiger charge is 2.33. The highest BCUT2D eigenvalue weighted by molar-refractivity contribution is 6.09. The second-order valence-electron chi connectivity index (χ2n) is 7.14. The molecular weight excluding hydrogens is 395 g/mol. The van der Waals surface area contributed by atoms with Gasteiger partial charge in [-0.05, 0) is 30.3 Å². The van der Waals surface area contributed by atoms with Gasteiger partial charge in [-0.3, -0.25) is 4.79 Å². The summed E-state index contributed by atoms with van der Waals surface area (Å²) in [6.07, 6.45) is -0.593. The number of aliphatic hydroxyl groups excluding tert-OH is 1. The zero-order chi connectivity index (χ0) is 19.7. The summed E-state index contributed by atoms with van der Waals surface area (Å²) >= 11 is 0. The maximum absolute atomic E-state index is 13.4. The lowest BCUT2D eigenvalue weighted by molar-refractivity contribution is 0.0916. The molecule has 6 N–H and O–H groups in total. The SMILES string of the molecule is Cl.NC[C@H]1CN[C@H](CNC(=O)c2[nH]c3ccccc3c2-c2ccc(F)cc2)[C@H]1O. The van der Waals surface area contributed by atoms with Crippen molar-refractivity contribution in [2.75, 3.05) is 19.6 Å². The lowest BCUT2D eigenvalue weighted by Gasteiger charge is -2.18. The molecule has 0 bridgehead atoms. The van der Waals surface area contributed by atoms with Gasteiger partial charge in [-0.2, -0.15) is 0 Å². The fraction of sp³-hybridized carbons (Fsp3) is 0.286. The first-order valence-corrected chi connectivity index (χ1v) is 9.35. The number of rotatable bonds is 5. The van der Waals surface area contributed by atoms with Crippen LogP contribution in [0.25, 0.3) is 22.0 Å². The fourth-order valence-corrected chi connectivity index (χ4v) is 3.81. The number of para-hydroxylation sites is 1. The molecule has 1 aliphatic rings. The molecule has 1 aromatic heterocycles. The summed E-state index contributed by atoms with van der Waals surface area (Å²) in [6, 6.07) is 13.5. The molecule has 154 valence electrons. The Labute approximate surface area is 174 Å². The van der Waals surface area contributed by atoms with Crippen molar-refractivity contribution >= 4 is 29.2 Å². The maximum atomic E-state index is 13.4. The van der Waals surface area contributed by atoms with Gasteiger partial charge in [0.1, 0.15) is 11.5 Å². The minimum atomic E-state index is -0.593. The van der Waals surface area contributed by atoms with Gasteiger partial charge in [0, 0.05) is 35.5 Å². The van der Waals surface area contributed by atoms with E-state index in [2.05, 4.69) is 15.6 Å². The Morgan fingerprint density at radius 2 is 1.93 bits per heavy atom. The summed E-state index contributed by atoms with van der Waals surface area (Å²) in [5.41, 5.74) is 8.38. The van der Waals surface area contributed by atoms with Crippen LogP contribution < -0.4 is 16.4 Å². The third kappa shape index (κ3) is 4.13. The van der Waals surface area contributed by atoms with E-state index in [1.807, 2.05) is 24.3 Å². The van der Waals surface area contributed by atoms with Crippen LogP contribution in [0.15, 0.2) is 48.5 Å². The number of fused-ring (bicyclic) bond motifs is 1. The van der Waals surface area contributed by atoms with Crippen LogP contribution in [0.3, 0.4) is 0 Å². The molecule has 3 atom stereocenters. The first kappa shape index (κ1) is 21.3. The number of aliphatic hydroxyl groups is 1. The minimum Gasteiger partial charge on any atom is -0.391 e. The summed E-state index contributed by atoms with van der Waals surface area (Å²) in [4.78, 5) is 16.1. The van der Waals surface area contributed by atoms with Gasteiger partial charge in [-0.15, -0.1) is 12.4 Å². The number of amides is 1. The van der Waals surface area contributed by atoms with Gasteiger partial charge in [0.25, 0.3) is 5.91 Å². The van der Waals surface area contributed by atoms with E-state index in [1.165, 1.54) is 12.1 Å². The van der Waals surface area contributed by atoms with Gasteiger partial charge >= 0.3 is 0 Å². The topological polar surface area (TPSA) is 103 Å². The Balaban J connectivity index is 0.00000240. The summed E-state index contributed by atoms with van der Waals surface area (Å²) in [5.74, 6) is -0.615. The largest absolute Gasteiger partial charge is 0.391 e. The molecule has 0 saturated carbocycles. The number of H-pyrrole nitrogens is 1. The number of hydrogen-bond donors (Lipinski definition) is 5. The van der Waals surface area contributed by atoms with Gasteiger partial charge in [0.05, 0.1) is 12.1 Å². The number of carbonyl (C=O) groups excluding carboxylic acids is 1. The molecule has 3 aromatic rings. The number of hydrogen-bond acceptors (Lipinski definition) is 4. The first-order valence-electron chi connectivity index (χ1n) is 9.35. The van der Waals surface area contributed by atoms with Crippen LogP contribution in [-0.4, -0.2) is 47.8 Å². The quantitative estimate of drug-likeness (QED) is 0.437. The normalized spacial score (nSPS) is 21.1. The third-order valence-corrected chi connectivity index (χ3v) is 5.39. The molecule has 1 fully saturated rings. The average molecular weight is 419 g/mol. The molecule has 6 nitrogen and oxygen atoms in total. The van der Waals surface area contributed by atoms with Crippen molar-refractivity contribution in [3.05, 3.63) is 60.0 Å².